The molecule has 4 nitrogen and oxygen atoms in total. The number of hydrogen-bond donors (Lipinski definition) is 1. The highest BCUT2D eigenvalue weighted by Crippen LogP contribution is 2.32. The van der Waals surface area contributed by atoms with E-state index in [1.54, 1.807) is 0 Å². The molecule has 5 heteroatoms. The molecule has 2 rings (SSSR count). The topological polar surface area (TPSA) is 43.6 Å². The Bertz CT molecular complexity index is 583. The molecule has 1 heterocycles. The molecule has 114 valence electrons. The molecule has 0 amide bonds. The first kappa shape index (κ1) is 15.8. The molecular formula is C16H20BrNO3. The second-order valence-electron chi connectivity index (χ2n) is 4.54. The minimum atomic E-state index is 0.0590. The quantitative estimate of drug-likeness (QED) is 0.759. The zero-order valence-corrected chi connectivity index (χ0v) is 14.1. The summed E-state index contributed by atoms with van der Waals surface area (Å²) in [6.45, 7) is 7.17. The largest absolute Gasteiger partial charge is 0.490 e. The summed E-state index contributed by atoms with van der Waals surface area (Å²) in [4.78, 5) is 0. The Morgan fingerprint density at radius 3 is 2.43 bits per heavy atom. The predicted molar refractivity (Wildman–Crippen MR) is 87.2 cm³/mol. The first-order valence-corrected chi connectivity index (χ1v) is 7.84. The van der Waals surface area contributed by atoms with Gasteiger partial charge >= 0.3 is 0 Å². The van der Waals surface area contributed by atoms with Gasteiger partial charge in [0.1, 0.15) is 5.76 Å². The van der Waals surface area contributed by atoms with E-state index in [1.807, 2.05) is 51.1 Å². The van der Waals surface area contributed by atoms with Crippen molar-refractivity contribution in [3.8, 4) is 11.5 Å². The van der Waals surface area contributed by atoms with Gasteiger partial charge in [-0.05, 0) is 61.0 Å². The second-order valence-corrected chi connectivity index (χ2v) is 5.32. The summed E-state index contributed by atoms with van der Waals surface area (Å²) in [5, 5.41) is 3.39. The summed E-state index contributed by atoms with van der Waals surface area (Å²) in [6.07, 6.45) is 0. The Balaban J connectivity index is 2.14. The van der Waals surface area contributed by atoms with Crippen LogP contribution in [0.4, 0.5) is 5.69 Å². The number of rotatable bonds is 7. The zero-order chi connectivity index (χ0) is 15.2. The van der Waals surface area contributed by atoms with Gasteiger partial charge in [0.2, 0.25) is 0 Å². The van der Waals surface area contributed by atoms with Gasteiger partial charge in [-0.2, -0.15) is 0 Å². The summed E-state index contributed by atoms with van der Waals surface area (Å²) in [6, 6.07) is 9.73. The van der Waals surface area contributed by atoms with E-state index in [1.165, 1.54) is 0 Å². The molecule has 1 unspecified atom stereocenters. The van der Waals surface area contributed by atoms with Crippen LogP contribution in [0, 0.1) is 0 Å². The van der Waals surface area contributed by atoms with Crippen LogP contribution in [0.3, 0.4) is 0 Å². The molecule has 1 aromatic heterocycles. The number of benzene rings is 1. The molecule has 1 aromatic carbocycles. The van der Waals surface area contributed by atoms with Gasteiger partial charge in [-0.1, -0.05) is 0 Å². The number of nitrogens with one attached hydrogen (secondary N) is 1. The minimum absolute atomic E-state index is 0.0590. The first-order chi connectivity index (χ1) is 10.1. The van der Waals surface area contributed by atoms with E-state index in [9.17, 15) is 0 Å². The summed E-state index contributed by atoms with van der Waals surface area (Å²) in [5.41, 5.74) is 0.960. The fourth-order valence-electron chi connectivity index (χ4n) is 2.02. The number of halogens is 1. The van der Waals surface area contributed by atoms with E-state index in [4.69, 9.17) is 13.9 Å². The van der Waals surface area contributed by atoms with E-state index in [0.717, 1.165) is 27.6 Å². The monoisotopic (exact) mass is 353 g/mol. The van der Waals surface area contributed by atoms with Gasteiger partial charge in [0.05, 0.1) is 19.3 Å². The van der Waals surface area contributed by atoms with Crippen LogP contribution in [0.15, 0.2) is 39.4 Å². The van der Waals surface area contributed by atoms with Crippen molar-refractivity contribution in [2.24, 2.45) is 0 Å². The molecule has 1 N–H and O–H groups in total. The van der Waals surface area contributed by atoms with E-state index in [0.29, 0.717) is 13.2 Å². The summed E-state index contributed by atoms with van der Waals surface area (Å²) < 4.78 is 17.5. The molecule has 1 atom stereocenters. The normalized spacial score (nSPS) is 12.0. The van der Waals surface area contributed by atoms with Gasteiger partial charge in [-0.25, -0.2) is 0 Å². The summed E-state index contributed by atoms with van der Waals surface area (Å²) in [5.74, 6) is 2.38. The average Bonchev–Trinajstić information content (AvgIpc) is 2.89. The molecule has 0 bridgehead atoms. The lowest BCUT2D eigenvalue weighted by molar-refractivity contribution is 0.288. The zero-order valence-electron chi connectivity index (χ0n) is 12.5. The van der Waals surface area contributed by atoms with Crippen molar-refractivity contribution in [2.45, 2.75) is 26.8 Å². The van der Waals surface area contributed by atoms with E-state index >= 15 is 0 Å². The molecule has 21 heavy (non-hydrogen) atoms. The lowest BCUT2D eigenvalue weighted by Gasteiger charge is -2.16. The van der Waals surface area contributed by atoms with Crippen molar-refractivity contribution in [3.63, 3.8) is 0 Å². The van der Waals surface area contributed by atoms with Crippen molar-refractivity contribution < 1.29 is 13.9 Å². The average molecular weight is 354 g/mol. The maximum atomic E-state index is 5.63. The van der Waals surface area contributed by atoms with Crippen molar-refractivity contribution in [3.05, 3.63) is 40.8 Å². The van der Waals surface area contributed by atoms with Crippen LogP contribution in [0.5, 0.6) is 11.5 Å². The maximum absolute atomic E-state index is 5.63. The van der Waals surface area contributed by atoms with E-state index < -0.39 is 0 Å². The SMILES string of the molecule is CCOc1ccc(NC(C)c2ccc(Br)o2)cc1OCC. The molecule has 0 aliphatic carbocycles. The Hall–Kier alpha value is -1.62. The van der Waals surface area contributed by atoms with Crippen LogP contribution in [0.1, 0.15) is 32.6 Å². The second kappa shape index (κ2) is 7.41. The molecule has 0 radical (unpaired) electrons. The summed E-state index contributed by atoms with van der Waals surface area (Å²) in [7, 11) is 0. The Morgan fingerprint density at radius 1 is 1.10 bits per heavy atom. The number of hydrogen-bond acceptors (Lipinski definition) is 4. The third kappa shape index (κ3) is 4.17. The smallest absolute Gasteiger partial charge is 0.169 e. The minimum Gasteiger partial charge on any atom is -0.490 e. The highest BCUT2D eigenvalue weighted by molar-refractivity contribution is 9.10. The van der Waals surface area contributed by atoms with Crippen LogP contribution in [0.25, 0.3) is 0 Å². The molecule has 0 saturated heterocycles. The van der Waals surface area contributed by atoms with Crippen molar-refractivity contribution in [1.82, 2.24) is 0 Å². The third-order valence-electron chi connectivity index (χ3n) is 2.95. The first-order valence-electron chi connectivity index (χ1n) is 7.05. The number of furan rings is 1. The maximum Gasteiger partial charge on any atom is 0.169 e. The van der Waals surface area contributed by atoms with E-state index in [2.05, 4.69) is 21.2 Å². The van der Waals surface area contributed by atoms with Crippen LogP contribution in [0.2, 0.25) is 0 Å². The van der Waals surface area contributed by atoms with Gasteiger partial charge in [0.25, 0.3) is 0 Å². The van der Waals surface area contributed by atoms with Gasteiger partial charge in [-0.15, -0.1) is 0 Å². The molecule has 0 fully saturated rings. The standard InChI is InChI=1S/C16H20BrNO3/c1-4-19-14-7-6-12(10-15(14)20-5-2)18-11(3)13-8-9-16(17)21-13/h6-11,18H,4-5H2,1-3H3. The Morgan fingerprint density at radius 2 is 1.81 bits per heavy atom. The van der Waals surface area contributed by atoms with Crippen LogP contribution in [-0.2, 0) is 0 Å². The van der Waals surface area contributed by atoms with Crippen LogP contribution >= 0.6 is 15.9 Å². The van der Waals surface area contributed by atoms with Gasteiger partial charge in [-0.3, -0.25) is 0 Å². The van der Waals surface area contributed by atoms with Crippen LogP contribution < -0.4 is 14.8 Å². The van der Waals surface area contributed by atoms with Crippen molar-refractivity contribution >= 4 is 21.6 Å². The van der Waals surface area contributed by atoms with Gasteiger partial charge in [0, 0.05) is 11.8 Å². The Labute approximate surface area is 133 Å². The molecule has 0 spiro atoms. The molecule has 0 aliphatic heterocycles. The third-order valence-corrected chi connectivity index (χ3v) is 3.37. The van der Waals surface area contributed by atoms with Crippen LogP contribution in [-0.4, -0.2) is 13.2 Å². The lowest BCUT2D eigenvalue weighted by atomic mass is 10.2. The molecular weight excluding hydrogens is 334 g/mol. The number of ether oxygens (including phenoxy) is 2. The highest BCUT2D eigenvalue weighted by Gasteiger charge is 2.12. The highest BCUT2D eigenvalue weighted by atomic mass is 79.9. The van der Waals surface area contributed by atoms with E-state index in [-0.39, 0.29) is 6.04 Å². The predicted octanol–water partition coefficient (Wildman–Crippen LogP) is 5.01. The van der Waals surface area contributed by atoms with Crippen molar-refractivity contribution in [2.75, 3.05) is 18.5 Å². The Kier molecular flexibility index (Phi) is 5.56. The fraction of sp³-hybridized carbons (Fsp3) is 0.375. The molecule has 2 aromatic rings. The summed E-state index contributed by atoms with van der Waals surface area (Å²) >= 11 is 3.31. The van der Waals surface area contributed by atoms with Crippen molar-refractivity contribution in [1.29, 1.82) is 0 Å². The molecule has 0 saturated carbocycles. The fourth-order valence-corrected chi connectivity index (χ4v) is 2.34. The molecule has 0 aliphatic rings. The number of anilines is 1. The van der Waals surface area contributed by atoms with Gasteiger partial charge in [0.15, 0.2) is 16.2 Å². The van der Waals surface area contributed by atoms with Gasteiger partial charge < -0.3 is 19.2 Å². The lowest BCUT2D eigenvalue weighted by Crippen LogP contribution is -2.06.